The van der Waals surface area contributed by atoms with Crippen LogP contribution in [0.25, 0.3) is 17.0 Å². The smallest absolute Gasteiger partial charge is 0.244 e. The minimum absolute atomic E-state index is 0.0472. The van der Waals surface area contributed by atoms with Crippen LogP contribution in [0.1, 0.15) is 29.7 Å². The van der Waals surface area contributed by atoms with Crippen LogP contribution in [-0.2, 0) is 4.79 Å². The molecule has 3 aromatic rings. The van der Waals surface area contributed by atoms with Crippen LogP contribution < -0.4 is 11.1 Å². The molecule has 5 heteroatoms. The predicted octanol–water partition coefficient (Wildman–Crippen LogP) is 3.34. The van der Waals surface area contributed by atoms with E-state index < -0.39 is 0 Å². The summed E-state index contributed by atoms with van der Waals surface area (Å²) in [5, 5.41) is 10.6. The molecule has 0 saturated heterocycles. The van der Waals surface area contributed by atoms with Crippen molar-refractivity contribution >= 4 is 28.7 Å². The highest BCUT2D eigenvalue weighted by atomic mass is 16.1. The van der Waals surface area contributed by atoms with Crippen molar-refractivity contribution in [1.29, 1.82) is 0 Å². The van der Waals surface area contributed by atoms with Gasteiger partial charge in [0.2, 0.25) is 5.91 Å². The molecule has 4 N–H and O–H groups in total. The molecule has 0 unspecified atom stereocenters. The van der Waals surface area contributed by atoms with Crippen molar-refractivity contribution in [3.05, 3.63) is 65.2 Å². The molecule has 24 heavy (non-hydrogen) atoms. The third-order valence-electron chi connectivity index (χ3n) is 3.94. The molecule has 0 aliphatic heterocycles. The number of carbonyl (C=O) groups is 1. The van der Waals surface area contributed by atoms with Crippen molar-refractivity contribution in [1.82, 2.24) is 15.5 Å². The number of anilines is 1. The summed E-state index contributed by atoms with van der Waals surface area (Å²) in [5.41, 5.74) is 9.84. The Morgan fingerprint density at radius 3 is 2.92 bits per heavy atom. The number of H-pyrrole nitrogens is 1. The van der Waals surface area contributed by atoms with E-state index in [0.29, 0.717) is 5.82 Å². The summed E-state index contributed by atoms with van der Waals surface area (Å²) in [6.07, 6.45) is 3.30. The first-order valence-electron chi connectivity index (χ1n) is 7.81. The molecule has 5 nitrogen and oxygen atoms in total. The molecule has 3 rings (SSSR count). The molecule has 1 atom stereocenters. The van der Waals surface area contributed by atoms with Crippen LogP contribution >= 0.6 is 0 Å². The maximum Gasteiger partial charge on any atom is 0.244 e. The zero-order valence-electron chi connectivity index (χ0n) is 13.7. The Kier molecular flexibility index (Phi) is 4.33. The monoisotopic (exact) mass is 320 g/mol. The number of amides is 1. The molecule has 0 spiro atoms. The van der Waals surface area contributed by atoms with Gasteiger partial charge in [0.05, 0.1) is 11.6 Å². The molecule has 0 aliphatic rings. The van der Waals surface area contributed by atoms with Gasteiger partial charge < -0.3 is 11.1 Å². The lowest BCUT2D eigenvalue weighted by Gasteiger charge is -2.13. The van der Waals surface area contributed by atoms with Crippen molar-refractivity contribution in [2.45, 2.75) is 19.9 Å². The molecular formula is C19H20N4O. The van der Waals surface area contributed by atoms with Crippen LogP contribution in [0.4, 0.5) is 5.82 Å². The molecule has 0 aliphatic carbocycles. The van der Waals surface area contributed by atoms with Gasteiger partial charge in [-0.3, -0.25) is 9.89 Å². The third kappa shape index (κ3) is 3.46. The zero-order valence-corrected chi connectivity index (χ0v) is 13.7. The van der Waals surface area contributed by atoms with Crippen molar-refractivity contribution < 1.29 is 4.79 Å². The molecule has 0 fully saturated rings. The normalized spacial score (nSPS) is 12.6. The quantitative estimate of drug-likeness (QED) is 0.645. The van der Waals surface area contributed by atoms with Crippen molar-refractivity contribution in [3.8, 4) is 0 Å². The van der Waals surface area contributed by atoms with E-state index in [2.05, 4.69) is 21.6 Å². The van der Waals surface area contributed by atoms with Gasteiger partial charge in [0, 0.05) is 11.5 Å². The summed E-state index contributed by atoms with van der Waals surface area (Å²) in [4.78, 5) is 12.1. The number of aromatic amines is 1. The lowest BCUT2D eigenvalue weighted by atomic mass is 10.1. The Hall–Kier alpha value is -3.08. The number of benzene rings is 2. The van der Waals surface area contributed by atoms with Gasteiger partial charge in [-0.25, -0.2) is 0 Å². The maximum absolute atomic E-state index is 12.1. The number of nitrogen functional groups attached to an aromatic ring is 1. The Morgan fingerprint density at radius 2 is 2.12 bits per heavy atom. The first kappa shape index (κ1) is 15.8. The second-order valence-corrected chi connectivity index (χ2v) is 5.89. The van der Waals surface area contributed by atoms with E-state index in [4.69, 9.17) is 5.73 Å². The summed E-state index contributed by atoms with van der Waals surface area (Å²) < 4.78 is 0. The van der Waals surface area contributed by atoms with Gasteiger partial charge in [-0.1, -0.05) is 35.9 Å². The van der Waals surface area contributed by atoms with E-state index in [1.807, 2.05) is 50.2 Å². The van der Waals surface area contributed by atoms with E-state index in [-0.39, 0.29) is 11.9 Å². The Balaban J connectivity index is 1.68. The predicted molar refractivity (Wildman–Crippen MR) is 97.3 cm³/mol. The fourth-order valence-corrected chi connectivity index (χ4v) is 2.61. The van der Waals surface area contributed by atoms with Crippen molar-refractivity contribution in [2.24, 2.45) is 0 Å². The molecule has 1 aromatic heterocycles. The molecular weight excluding hydrogens is 300 g/mol. The fourth-order valence-electron chi connectivity index (χ4n) is 2.61. The van der Waals surface area contributed by atoms with Crippen LogP contribution in [0.5, 0.6) is 0 Å². The van der Waals surface area contributed by atoms with E-state index in [1.165, 1.54) is 11.6 Å². The first-order chi connectivity index (χ1) is 11.5. The Bertz CT molecular complexity index is 911. The van der Waals surface area contributed by atoms with E-state index in [1.54, 1.807) is 6.08 Å². The van der Waals surface area contributed by atoms with Gasteiger partial charge in [-0.2, -0.15) is 5.10 Å². The zero-order chi connectivity index (χ0) is 17.1. The summed E-state index contributed by atoms with van der Waals surface area (Å²) in [5.74, 6) is 0.321. The van der Waals surface area contributed by atoms with Gasteiger partial charge in [-0.05, 0) is 43.2 Å². The number of nitrogens with zero attached hydrogens (tertiary/aromatic N) is 1. The highest BCUT2D eigenvalue weighted by molar-refractivity contribution is 5.94. The fraction of sp³-hybridized carbons (Fsp3) is 0.158. The number of nitrogens with one attached hydrogen (secondary N) is 2. The molecule has 0 bridgehead atoms. The highest BCUT2D eigenvalue weighted by Gasteiger charge is 2.07. The summed E-state index contributed by atoms with van der Waals surface area (Å²) in [6, 6.07) is 13.8. The SMILES string of the molecule is Cc1cccc([C@H](C)NC(=O)/C=C/c2ccc3[nH]nc(N)c3c2)c1. The van der Waals surface area contributed by atoms with Gasteiger partial charge in [0.15, 0.2) is 5.82 Å². The minimum atomic E-state index is -0.135. The van der Waals surface area contributed by atoms with Crippen LogP contribution in [-0.4, -0.2) is 16.1 Å². The molecule has 0 radical (unpaired) electrons. The summed E-state index contributed by atoms with van der Waals surface area (Å²) in [7, 11) is 0. The largest absolute Gasteiger partial charge is 0.382 e. The van der Waals surface area contributed by atoms with Gasteiger partial charge in [-0.15, -0.1) is 0 Å². The minimum Gasteiger partial charge on any atom is -0.382 e. The number of hydrogen-bond acceptors (Lipinski definition) is 3. The Labute approximate surface area is 140 Å². The highest BCUT2D eigenvalue weighted by Crippen LogP contribution is 2.20. The topological polar surface area (TPSA) is 83.8 Å². The average Bonchev–Trinajstić information content (AvgIpc) is 2.94. The first-order valence-corrected chi connectivity index (χ1v) is 7.81. The second-order valence-electron chi connectivity index (χ2n) is 5.89. The van der Waals surface area contributed by atoms with Gasteiger partial charge in [0.25, 0.3) is 0 Å². The van der Waals surface area contributed by atoms with Gasteiger partial charge >= 0.3 is 0 Å². The number of hydrogen-bond donors (Lipinski definition) is 3. The average molecular weight is 320 g/mol. The van der Waals surface area contributed by atoms with E-state index >= 15 is 0 Å². The van der Waals surface area contributed by atoms with Crippen LogP contribution in [0.15, 0.2) is 48.5 Å². The lowest BCUT2D eigenvalue weighted by Crippen LogP contribution is -2.24. The lowest BCUT2D eigenvalue weighted by molar-refractivity contribution is -0.117. The molecule has 1 amide bonds. The van der Waals surface area contributed by atoms with Crippen LogP contribution in [0.2, 0.25) is 0 Å². The number of aryl methyl sites for hydroxylation is 1. The van der Waals surface area contributed by atoms with Crippen LogP contribution in [0.3, 0.4) is 0 Å². The van der Waals surface area contributed by atoms with Crippen molar-refractivity contribution in [2.75, 3.05) is 5.73 Å². The summed E-state index contributed by atoms with van der Waals surface area (Å²) in [6.45, 7) is 4.01. The number of rotatable bonds is 4. The van der Waals surface area contributed by atoms with Gasteiger partial charge in [0.1, 0.15) is 0 Å². The molecule has 0 saturated carbocycles. The standard InChI is InChI=1S/C19H20N4O/c1-12-4-3-5-15(10-12)13(2)21-18(24)9-7-14-6-8-17-16(11-14)19(20)23-22-17/h3-11,13H,1-2H3,(H,21,24)(H3,20,22,23)/b9-7+/t13-/m0/s1. The number of carbonyl (C=O) groups excluding carboxylic acids is 1. The molecule has 1 heterocycles. The second kappa shape index (κ2) is 6.58. The maximum atomic E-state index is 12.1. The number of aromatic nitrogens is 2. The number of nitrogens with two attached hydrogens (primary N) is 1. The number of fused-ring (bicyclic) bond motifs is 1. The summed E-state index contributed by atoms with van der Waals surface area (Å²) >= 11 is 0. The molecule has 122 valence electrons. The van der Waals surface area contributed by atoms with E-state index in [0.717, 1.165) is 22.0 Å². The Morgan fingerprint density at radius 1 is 1.29 bits per heavy atom. The third-order valence-corrected chi connectivity index (χ3v) is 3.94. The molecule has 2 aromatic carbocycles. The van der Waals surface area contributed by atoms with Crippen LogP contribution in [0, 0.1) is 6.92 Å². The van der Waals surface area contributed by atoms with E-state index in [9.17, 15) is 4.79 Å². The van der Waals surface area contributed by atoms with Crippen molar-refractivity contribution in [3.63, 3.8) is 0 Å².